The maximum Gasteiger partial charge on any atom is 0.246 e. The van der Waals surface area contributed by atoms with Crippen LogP contribution in [0.4, 0.5) is 5.69 Å². The zero-order valence-corrected chi connectivity index (χ0v) is 18.4. The molecule has 0 saturated carbocycles. The first-order valence-electron chi connectivity index (χ1n) is 11.4. The van der Waals surface area contributed by atoms with Crippen molar-refractivity contribution in [3.05, 3.63) is 108 Å². The van der Waals surface area contributed by atoms with Crippen molar-refractivity contribution in [3.8, 4) is 28.4 Å². The number of ether oxygens (including phenoxy) is 3. The van der Waals surface area contributed by atoms with E-state index in [1.54, 1.807) is 0 Å². The Kier molecular flexibility index (Phi) is 4.03. The molecule has 3 aliphatic rings. The Bertz CT molecular complexity index is 1450. The van der Waals surface area contributed by atoms with Crippen molar-refractivity contribution in [2.75, 3.05) is 18.3 Å². The van der Waals surface area contributed by atoms with Gasteiger partial charge in [-0.3, -0.25) is 4.79 Å². The quantitative estimate of drug-likeness (QED) is 0.427. The van der Waals surface area contributed by atoms with Crippen LogP contribution in [0.1, 0.15) is 16.7 Å². The summed E-state index contributed by atoms with van der Waals surface area (Å²) in [6.45, 7) is 0.915. The number of rotatable bonds is 3. The Labute approximate surface area is 197 Å². The molecule has 7 rings (SSSR count). The molecular formula is C29H21NO4. The Morgan fingerprint density at radius 1 is 0.735 bits per heavy atom. The molecule has 1 atom stereocenters. The fourth-order valence-electron chi connectivity index (χ4n) is 5.45. The van der Waals surface area contributed by atoms with Crippen molar-refractivity contribution in [2.45, 2.75) is 12.0 Å². The van der Waals surface area contributed by atoms with Gasteiger partial charge >= 0.3 is 0 Å². The molecule has 0 fully saturated rings. The SMILES string of the molecule is O=C1N(Cc2ccccc2-c2ccccc2)c2ccccc2C12COc1cc3c(cc12)OCO3. The van der Waals surface area contributed by atoms with Crippen LogP contribution >= 0.6 is 0 Å². The number of benzene rings is 4. The minimum absolute atomic E-state index is 0.0224. The van der Waals surface area contributed by atoms with Gasteiger partial charge in [0, 0.05) is 17.3 Å². The second-order valence-electron chi connectivity index (χ2n) is 8.83. The van der Waals surface area contributed by atoms with E-state index in [1.807, 2.05) is 71.6 Å². The minimum atomic E-state index is -0.894. The number of hydrogen-bond donors (Lipinski definition) is 0. The summed E-state index contributed by atoms with van der Waals surface area (Å²) in [6, 6.07) is 30.4. The lowest BCUT2D eigenvalue weighted by molar-refractivity contribution is -0.122. The summed E-state index contributed by atoms with van der Waals surface area (Å²) in [7, 11) is 0. The Hall–Kier alpha value is -4.25. The van der Waals surface area contributed by atoms with E-state index in [-0.39, 0.29) is 19.3 Å². The highest BCUT2D eigenvalue weighted by atomic mass is 16.7. The summed E-state index contributed by atoms with van der Waals surface area (Å²) in [4.78, 5) is 16.2. The second kappa shape index (κ2) is 7.12. The van der Waals surface area contributed by atoms with E-state index < -0.39 is 5.41 Å². The van der Waals surface area contributed by atoms with Crippen molar-refractivity contribution >= 4 is 11.6 Å². The topological polar surface area (TPSA) is 48.0 Å². The lowest BCUT2D eigenvalue weighted by Crippen LogP contribution is -2.42. The number of amides is 1. The van der Waals surface area contributed by atoms with Crippen molar-refractivity contribution in [1.82, 2.24) is 0 Å². The lowest BCUT2D eigenvalue weighted by atomic mass is 9.77. The van der Waals surface area contributed by atoms with Crippen LogP contribution in [0, 0.1) is 0 Å². The molecule has 0 bridgehead atoms. The van der Waals surface area contributed by atoms with E-state index in [1.165, 1.54) is 0 Å². The Morgan fingerprint density at radius 3 is 2.35 bits per heavy atom. The summed E-state index contributed by atoms with van der Waals surface area (Å²) in [6.07, 6.45) is 0. The van der Waals surface area contributed by atoms with Crippen LogP contribution in [0.2, 0.25) is 0 Å². The normalized spacial score (nSPS) is 19.3. The first-order valence-corrected chi connectivity index (χ1v) is 11.4. The van der Waals surface area contributed by atoms with E-state index >= 15 is 0 Å². The van der Waals surface area contributed by atoms with Gasteiger partial charge in [0.15, 0.2) is 11.5 Å². The molecule has 1 spiro atoms. The summed E-state index contributed by atoms with van der Waals surface area (Å²) >= 11 is 0. The van der Waals surface area contributed by atoms with Gasteiger partial charge in [0.05, 0.1) is 6.54 Å². The van der Waals surface area contributed by atoms with Gasteiger partial charge in [-0.05, 0) is 34.4 Å². The Morgan fingerprint density at radius 2 is 1.47 bits per heavy atom. The molecule has 5 nitrogen and oxygen atoms in total. The van der Waals surface area contributed by atoms with Crippen LogP contribution < -0.4 is 19.1 Å². The zero-order chi connectivity index (χ0) is 22.7. The van der Waals surface area contributed by atoms with Gasteiger partial charge in [-0.25, -0.2) is 0 Å². The monoisotopic (exact) mass is 447 g/mol. The Balaban J connectivity index is 1.35. The first-order chi connectivity index (χ1) is 16.8. The smallest absolute Gasteiger partial charge is 0.246 e. The third-order valence-corrected chi connectivity index (χ3v) is 7.07. The summed E-state index contributed by atoms with van der Waals surface area (Å²) < 4.78 is 17.3. The van der Waals surface area contributed by atoms with Gasteiger partial charge in [0.25, 0.3) is 0 Å². The molecule has 1 amide bonds. The molecule has 5 heteroatoms. The van der Waals surface area contributed by atoms with Crippen molar-refractivity contribution in [1.29, 1.82) is 0 Å². The van der Waals surface area contributed by atoms with E-state index in [2.05, 4.69) is 24.3 Å². The third kappa shape index (κ3) is 2.58. The van der Waals surface area contributed by atoms with Crippen LogP contribution in [0.25, 0.3) is 11.1 Å². The molecule has 0 radical (unpaired) electrons. The molecular weight excluding hydrogens is 426 g/mol. The largest absolute Gasteiger partial charge is 0.491 e. The van der Waals surface area contributed by atoms with Gasteiger partial charge in [0.1, 0.15) is 17.8 Å². The van der Waals surface area contributed by atoms with Gasteiger partial charge in [0.2, 0.25) is 12.7 Å². The zero-order valence-electron chi connectivity index (χ0n) is 18.4. The lowest BCUT2D eigenvalue weighted by Gasteiger charge is -2.24. The van der Waals surface area contributed by atoms with E-state index in [0.717, 1.165) is 33.5 Å². The summed E-state index contributed by atoms with van der Waals surface area (Å²) in [5, 5.41) is 0. The molecule has 4 aromatic rings. The maximum atomic E-state index is 14.3. The average molecular weight is 447 g/mol. The van der Waals surface area contributed by atoms with Crippen LogP contribution in [0.5, 0.6) is 17.2 Å². The van der Waals surface area contributed by atoms with Gasteiger partial charge in [-0.2, -0.15) is 0 Å². The van der Waals surface area contributed by atoms with Crippen LogP contribution in [0.15, 0.2) is 91.0 Å². The predicted octanol–water partition coefficient (Wildman–Crippen LogP) is 5.31. The number of nitrogens with zero attached hydrogens (tertiary/aromatic N) is 1. The highest BCUT2D eigenvalue weighted by Crippen LogP contribution is 2.55. The molecule has 0 aliphatic carbocycles. The van der Waals surface area contributed by atoms with Crippen molar-refractivity contribution < 1.29 is 19.0 Å². The van der Waals surface area contributed by atoms with Gasteiger partial charge < -0.3 is 19.1 Å². The van der Waals surface area contributed by atoms with Crippen LogP contribution in [-0.4, -0.2) is 19.3 Å². The van der Waals surface area contributed by atoms with Gasteiger partial charge in [-0.1, -0.05) is 72.8 Å². The van der Waals surface area contributed by atoms with E-state index in [9.17, 15) is 4.79 Å². The second-order valence-corrected chi connectivity index (χ2v) is 8.83. The maximum absolute atomic E-state index is 14.3. The molecule has 3 heterocycles. The molecule has 3 aliphatic heterocycles. The van der Waals surface area contributed by atoms with Crippen molar-refractivity contribution in [2.24, 2.45) is 0 Å². The molecule has 0 saturated heterocycles. The number of carbonyl (C=O) groups is 1. The number of fused-ring (bicyclic) bond motifs is 5. The van der Waals surface area contributed by atoms with E-state index in [4.69, 9.17) is 14.2 Å². The van der Waals surface area contributed by atoms with Gasteiger partial charge in [-0.15, -0.1) is 0 Å². The van der Waals surface area contributed by atoms with E-state index in [0.29, 0.717) is 23.8 Å². The van der Waals surface area contributed by atoms with Crippen LogP contribution in [-0.2, 0) is 16.8 Å². The molecule has 0 aromatic heterocycles. The predicted molar refractivity (Wildman–Crippen MR) is 128 cm³/mol. The fourth-order valence-corrected chi connectivity index (χ4v) is 5.45. The highest BCUT2D eigenvalue weighted by molar-refractivity contribution is 6.11. The summed E-state index contributed by atoms with van der Waals surface area (Å²) in [5.74, 6) is 2.01. The number of carbonyl (C=O) groups excluding carboxylic acids is 1. The fraction of sp³-hybridized carbons (Fsp3) is 0.138. The van der Waals surface area contributed by atoms with Crippen molar-refractivity contribution in [3.63, 3.8) is 0 Å². The third-order valence-electron chi connectivity index (χ3n) is 7.07. The number of anilines is 1. The molecule has 1 unspecified atom stereocenters. The number of hydrogen-bond acceptors (Lipinski definition) is 4. The molecule has 0 N–H and O–H groups in total. The highest BCUT2D eigenvalue weighted by Gasteiger charge is 2.57. The first kappa shape index (κ1) is 19.2. The molecule has 4 aromatic carbocycles. The van der Waals surface area contributed by atoms with Crippen LogP contribution in [0.3, 0.4) is 0 Å². The number of para-hydroxylation sites is 1. The standard InChI is InChI=1S/C29H21NO4/c31-28-29(17-32-25-15-27-26(14-23(25)29)33-18-34-27)22-12-6-7-13-24(22)30(28)16-20-10-4-5-11-21(20)19-8-2-1-3-9-19/h1-15H,16-18H2. The molecule has 166 valence electrons. The average Bonchev–Trinajstić information content (AvgIpc) is 3.56. The molecule has 34 heavy (non-hydrogen) atoms. The minimum Gasteiger partial charge on any atom is -0.491 e. The summed E-state index contributed by atoms with van der Waals surface area (Å²) in [5.41, 5.74) is 5.19.